The summed E-state index contributed by atoms with van der Waals surface area (Å²) in [5.41, 5.74) is 2.78. The number of likely N-dealkylation sites (tertiary alicyclic amines) is 1. The molecule has 4 rings (SSSR count). The van der Waals surface area contributed by atoms with Crippen molar-refractivity contribution >= 4 is 11.6 Å². The molecule has 0 spiro atoms. The number of benzene rings is 1. The van der Waals surface area contributed by atoms with Gasteiger partial charge in [-0.05, 0) is 38.2 Å². The maximum atomic E-state index is 13.5. The minimum absolute atomic E-state index is 0.0898. The maximum absolute atomic E-state index is 13.5. The third-order valence-corrected chi connectivity index (χ3v) is 6.32. The standard InChI is InChI=1S/C22H30N2O4/c1-16-4-6-17(7-5-16)20-13-19(28-23-20)14-22(8-11-27-12-9-22)21(26)24-10-2-3-18(25)15-24/h4-7,18-19,25H,2-3,8-15H2,1H3/t18-,19-/m0/s1. The van der Waals surface area contributed by atoms with Gasteiger partial charge in [-0.3, -0.25) is 4.79 Å². The van der Waals surface area contributed by atoms with Gasteiger partial charge in [0.25, 0.3) is 0 Å². The van der Waals surface area contributed by atoms with Gasteiger partial charge in [0.15, 0.2) is 0 Å². The summed E-state index contributed by atoms with van der Waals surface area (Å²) in [6, 6.07) is 8.31. The van der Waals surface area contributed by atoms with Crippen molar-refractivity contribution in [2.45, 2.75) is 57.7 Å². The van der Waals surface area contributed by atoms with Crippen LogP contribution in [0.2, 0.25) is 0 Å². The number of β-amino-alcohol motifs (C(OH)–C–C–N with tert-alkyl or cyclic N) is 1. The van der Waals surface area contributed by atoms with E-state index in [1.165, 1.54) is 5.56 Å². The van der Waals surface area contributed by atoms with E-state index in [0.717, 1.165) is 37.1 Å². The maximum Gasteiger partial charge on any atom is 0.229 e. The fraction of sp³-hybridized carbons (Fsp3) is 0.636. The van der Waals surface area contributed by atoms with Crippen LogP contribution < -0.4 is 0 Å². The number of hydrogen-bond donors (Lipinski definition) is 1. The summed E-state index contributed by atoms with van der Waals surface area (Å²) in [7, 11) is 0. The predicted molar refractivity (Wildman–Crippen MR) is 106 cm³/mol. The van der Waals surface area contributed by atoms with Crippen LogP contribution in [-0.4, -0.2) is 60.1 Å². The van der Waals surface area contributed by atoms with Crippen LogP contribution in [0.5, 0.6) is 0 Å². The molecule has 0 radical (unpaired) electrons. The summed E-state index contributed by atoms with van der Waals surface area (Å²) in [6.07, 6.45) is 3.93. The monoisotopic (exact) mass is 386 g/mol. The molecule has 0 bridgehead atoms. The van der Waals surface area contributed by atoms with Crippen molar-refractivity contribution in [2.24, 2.45) is 10.6 Å². The van der Waals surface area contributed by atoms with E-state index in [1.54, 1.807) is 0 Å². The van der Waals surface area contributed by atoms with E-state index >= 15 is 0 Å². The topological polar surface area (TPSA) is 71.4 Å². The Balaban J connectivity index is 1.45. The molecule has 1 aromatic carbocycles. The smallest absolute Gasteiger partial charge is 0.229 e. The zero-order chi connectivity index (χ0) is 19.6. The molecule has 0 aliphatic carbocycles. The number of carbonyl (C=O) groups is 1. The van der Waals surface area contributed by atoms with Crippen molar-refractivity contribution in [3.8, 4) is 0 Å². The van der Waals surface area contributed by atoms with Crippen LogP contribution in [0.15, 0.2) is 29.4 Å². The summed E-state index contributed by atoms with van der Waals surface area (Å²) in [6.45, 7) is 4.44. The molecule has 1 aromatic rings. The molecule has 3 aliphatic rings. The Bertz CT molecular complexity index is 725. The molecule has 2 saturated heterocycles. The largest absolute Gasteiger partial charge is 0.392 e. The molecule has 6 heteroatoms. The Morgan fingerprint density at radius 2 is 2.04 bits per heavy atom. The van der Waals surface area contributed by atoms with Crippen LogP contribution in [0.4, 0.5) is 0 Å². The van der Waals surface area contributed by atoms with Gasteiger partial charge >= 0.3 is 0 Å². The van der Waals surface area contributed by atoms with Crippen molar-refractivity contribution in [1.82, 2.24) is 4.90 Å². The molecule has 152 valence electrons. The molecule has 28 heavy (non-hydrogen) atoms. The van der Waals surface area contributed by atoms with E-state index in [4.69, 9.17) is 9.57 Å². The van der Waals surface area contributed by atoms with Gasteiger partial charge in [0.05, 0.1) is 17.2 Å². The first-order valence-corrected chi connectivity index (χ1v) is 10.4. The van der Waals surface area contributed by atoms with Crippen molar-refractivity contribution < 1.29 is 19.5 Å². The highest BCUT2D eigenvalue weighted by Crippen LogP contribution is 2.40. The molecule has 3 aliphatic heterocycles. The fourth-order valence-corrected chi connectivity index (χ4v) is 4.63. The van der Waals surface area contributed by atoms with Crippen LogP contribution >= 0.6 is 0 Å². The average Bonchev–Trinajstić information content (AvgIpc) is 3.17. The van der Waals surface area contributed by atoms with E-state index in [0.29, 0.717) is 39.0 Å². The van der Waals surface area contributed by atoms with Crippen LogP contribution in [0.25, 0.3) is 0 Å². The molecular weight excluding hydrogens is 356 g/mol. The van der Waals surface area contributed by atoms with Crippen molar-refractivity contribution in [2.75, 3.05) is 26.3 Å². The Morgan fingerprint density at radius 1 is 1.29 bits per heavy atom. The quantitative estimate of drug-likeness (QED) is 0.864. The highest BCUT2D eigenvalue weighted by atomic mass is 16.6. The van der Waals surface area contributed by atoms with Gasteiger partial charge in [0.2, 0.25) is 5.91 Å². The van der Waals surface area contributed by atoms with Crippen molar-refractivity contribution in [1.29, 1.82) is 0 Å². The van der Waals surface area contributed by atoms with Gasteiger partial charge < -0.3 is 19.6 Å². The highest BCUT2D eigenvalue weighted by Gasteiger charge is 2.46. The number of aryl methyl sites for hydroxylation is 1. The fourth-order valence-electron chi connectivity index (χ4n) is 4.63. The summed E-state index contributed by atoms with van der Waals surface area (Å²) >= 11 is 0. The lowest BCUT2D eigenvalue weighted by Gasteiger charge is -2.42. The molecular formula is C22H30N2O4. The van der Waals surface area contributed by atoms with Gasteiger partial charge in [0, 0.05) is 39.1 Å². The summed E-state index contributed by atoms with van der Waals surface area (Å²) in [5, 5.41) is 14.3. The number of oxime groups is 1. The molecule has 0 unspecified atom stereocenters. The van der Waals surface area contributed by atoms with Gasteiger partial charge in [0.1, 0.15) is 6.10 Å². The Hall–Kier alpha value is -1.92. The van der Waals surface area contributed by atoms with Crippen LogP contribution in [0, 0.1) is 12.3 Å². The molecule has 0 saturated carbocycles. The first kappa shape index (κ1) is 19.4. The summed E-state index contributed by atoms with van der Waals surface area (Å²) in [5.74, 6) is 0.155. The lowest BCUT2D eigenvalue weighted by molar-refractivity contribution is -0.154. The van der Waals surface area contributed by atoms with E-state index in [9.17, 15) is 9.90 Å². The Kier molecular flexibility index (Phi) is 5.69. The van der Waals surface area contributed by atoms with E-state index in [-0.39, 0.29) is 12.0 Å². The first-order valence-electron chi connectivity index (χ1n) is 10.4. The van der Waals surface area contributed by atoms with Gasteiger partial charge in [-0.2, -0.15) is 0 Å². The third-order valence-electron chi connectivity index (χ3n) is 6.32. The normalized spacial score (nSPS) is 27.2. The van der Waals surface area contributed by atoms with Crippen LogP contribution in [0.3, 0.4) is 0 Å². The number of piperidine rings is 1. The van der Waals surface area contributed by atoms with E-state index in [1.807, 2.05) is 4.90 Å². The number of ether oxygens (including phenoxy) is 1. The minimum Gasteiger partial charge on any atom is -0.392 e. The van der Waals surface area contributed by atoms with Crippen molar-refractivity contribution in [3.63, 3.8) is 0 Å². The number of aliphatic hydroxyl groups is 1. The number of aliphatic hydroxyl groups excluding tert-OH is 1. The molecule has 2 fully saturated rings. The molecule has 1 amide bonds. The van der Waals surface area contributed by atoms with Crippen LogP contribution in [0.1, 0.15) is 49.7 Å². The number of amides is 1. The Labute approximate surface area is 166 Å². The first-order chi connectivity index (χ1) is 13.6. The number of rotatable bonds is 4. The van der Waals surface area contributed by atoms with Gasteiger partial charge in [-0.25, -0.2) is 0 Å². The molecule has 2 atom stereocenters. The van der Waals surface area contributed by atoms with Crippen LogP contribution in [-0.2, 0) is 14.4 Å². The number of hydrogen-bond acceptors (Lipinski definition) is 5. The SMILES string of the molecule is Cc1ccc(C2=NO[C@H](CC3(C(=O)N4CCC[C@H](O)C4)CCOCC3)C2)cc1. The molecule has 1 N–H and O–H groups in total. The van der Waals surface area contributed by atoms with E-state index < -0.39 is 11.5 Å². The number of nitrogens with zero attached hydrogens (tertiary/aromatic N) is 2. The second kappa shape index (κ2) is 8.21. The van der Waals surface area contributed by atoms with Gasteiger partial charge in [-0.15, -0.1) is 0 Å². The number of carbonyl (C=O) groups excluding carboxylic acids is 1. The Morgan fingerprint density at radius 3 is 2.75 bits per heavy atom. The van der Waals surface area contributed by atoms with Gasteiger partial charge in [-0.1, -0.05) is 35.0 Å². The minimum atomic E-state index is -0.474. The molecule has 3 heterocycles. The highest BCUT2D eigenvalue weighted by molar-refractivity contribution is 6.01. The second-order valence-corrected chi connectivity index (χ2v) is 8.48. The molecule has 0 aromatic heterocycles. The zero-order valence-corrected chi connectivity index (χ0v) is 16.6. The second-order valence-electron chi connectivity index (χ2n) is 8.48. The lowest BCUT2D eigenvalue weighted by Crippen LogP contribution is -2.52. The third kappa shape index (κ3) is 4.08. The average molecular weight is 386 g/mol. The van der Waals surface area contributed by atoms with Crippen molar-refractivity contribution in [3.05, 3.63) is 35.4 Å². The summed E-state index contributed by atoms with van der Waals surface area (Å²) in [4.78, 5) is 21.1. The zero-order valence-electron chi connectivity index (χ0n) is 16.6. The lowest BCUT2D eigenvalue weighted by atomic mass is 9.73. The molecule has 6 nitrogen and oxygen atoms in total. The predicted octanol–water partition coefficient (Wildman–Crippen LogP) is 2.66. The van der Waals surface area contributed by atoms with E-state index in [2.05, 4.69) is 36.3 Å². The summed E-state index contributed by atoms with van der Waals surface area (Å²) < 4.78 is 5.56.